The number of aromatic nitrogens is 1. The van der Waals surface area contributed by atoms with Crippen LogP contribution < -0.4 is 0 Å². The van der Waals surface area contributed by atoms with Gasteiger partial charge in [-0.2, -0.15) is 0 Å². The first-order valence-electron chi connectivity index (χ1n) is 6.65. The van der Waals surface area contributed by atoms with Gasteiger partial charge in [0.25, 0.3) is 10.0 Å². The van der Waals surface area contributed by atoms with Crippen LogP contribution in [0, 0.1) is 0 Å². The minimum Gasteiger partial charge on any atom is -0.464 e. The third-order valence-electron chi connectivity index (χ3n) is 3.40. The summed E-state index contributed by atoms with van der Waals surface area (Å²) in [4.78, 5) is 12.1. The predicted molar refractivity (Wildman–Crippen MR) is 87.3 cm³/mol. The summed E-state index contributed by atoms with van der Waals surface area (Å²) in [5.74, 6) is -0.739. The lowest BCUT2D eigenvalue weighted by molar-refractivity contribution is 0.0593. The van der Waals surface area contributed by atoms with Crippen molar-refractivity contribution < 1.29 is 17.9 Å². The van der Waals surface area contributed by atoms with E-state index in [1.807, 2.05) is 0 Å². The van der Waals surface area contributed by atoms with E-state index in [2.05, 4.69) is 0 Å². The monoisotopic (exact) mass is 349 g/mol. The fourth-order valence-corrected chi connectivity index (χ4v) is 4.07. The molecule has 0 radical (unpaired) electrons. The molecule has 0 amide bonds. The molecule has 0 unspecified atom stereocenters. The van der Waals surface area contributed by atoms with Crippen molar-refractivity contribution in [3.63, 3.8) is 0 Å². The first kappa shape index (κ1) is 15.6. The van der Waals surface area contributed by atoms with E-state index in [1.165, 1.54) is 25.3 Å². The van der Waals surface area contributed by atoms with Crippen LogP contribution >= 0.6 is 11.6 Å². The molecule has 0 spiro atoms. The number of hydrogen-bond donors (Lipinski definition) is 0. The van der Waals surface area contributed by atoms with Gasteiger partial charge in [0.15, 0.2) is 0 Å². The number of benzene rings is 2. The van der Waals surface area contributed by atoms with Crippen molar-refractivity contribution in [1.29, 1.82) is 0 Å². The third-order valence-corrected chi connectivity index (χ3v) is 5.37. The molecule has 0 aliphatic rings. The molecule has 3 rings (SSSR count). The standard InChI is InChI=1S/C16H12ClNO4S/c1-22-16(19)15-10-11-9-12(17)7-8-14(11)18(15)23(20,21)13-5-3-2-4-6-13/h2-10H,1H3. The highest BCUT2D eigenvalue weighted by Crippen LogP contribution is 2.28. The molecular formula is C16H12ClNO4S. The average Bonchev–Trinajstić information content (AvgIpc) is 2.94. The largest absolute Gasteiger partial charge is 0.464 e. The number of carbonyl (C=O) groups excluding carboxylic acids is 1. The Morgan fingerprint density at radius 1 is 1.09 bits per heavy atom. The van der Waals surface area contributed by atoms with Crippen LogP contribution in [-0.2, 0) is 14.8 Å². The molecule has 7 heteroatoms. The van der Waals surface area contributed by atoms with Gasteiger partial charge < -0.3 is 4.74 Å². The number of nitrogens with zero attached hydrogens (tertiary/aromatic N) is 1. The minimum absolute atomic E-state index is 0.0754. The summed E-state index contributed by atoms with van der Waals surface area (Å²) in [6.45, 7) is 0. The van der Waals surface area contributed by atoms with E-state index in [0.29, 0.717) is 15.9 Å². The van der Waals surface area contributed by atoms with E-state index in [1.54, 1.807) is 36.4 Å². The summed E-state index contributed by atoms with van der Waals surface area (Å²) in [6.07, 6.45) is 0. The maximum absolute atomic E-state index is 13.0. The van der Waals surface area contributed by atoms with E-state index < -0.39 is 16.0 Å². The van der Waals surface area contributed by atoms with Crippen molar-refractivity contribution in [2.75, 3.05) is 7.11 Å². The molecule has 0 aliphatic carbocycles. The Kier molecular flexibility index (Phi) is 3.87. The van der Waals surface area contributed by atoms with Crippen molar-refractivity contribution in [2.45, 2.75) is 4.90 Å². The summed E-state index contributed by atoms with van der Waals surface area (Å²) in [6, 6.07) is 14.1. The van der Waals surface area contributed by atoms with E-state index in [9.17, 15) is 13.2 Å². The number of hydrogen-bond acceptors (Lipinski definition) is 4. The van der Waals surface area contributed by atoms with E-state index >= 15 is 0 Å². The number of methoxy groups -OCH3 is 1. The first-order chi connectivity index (χ1) is 10.9. The zero-order valence-electron chi connectivity index (χ0n) is 12.1. The van der Waals surface area contributed by atoms with Crippen molar-refractivity contribution in [3.05, 3.63) is 65.3 Å². The van der Waals surface area contributed by atoms with Crippen LogP contribution in [-0.4, -0.2) is 25.5 Å². The molecule has 0 aliphatic heterocycles. The molecule has 0 bridgehead atoms. The molecule has 5 nitrogen and oxygen atoms in total. The van der Waals surface area contributed by atoms with Gasteiger partial charge in [-0.25, -0.2) is 17.2 Å². The van der Waals surface area contributed by atoms with Gasteiger partial charge in [0.1, 0.15) is 5.69 Å². The minimum atomic E-state index is -3.95. The van der Waals surface area contributed by atoms with E-state index in [4.69, 9.17) is 16.3 Å². The Morgan fingerprint density at radius 2 is 1.78 bits per heavy atom. The third kappa shape index (κ3) is 2.60. The van der Waals surface area contributed by atoms with Gasteiger partial charge in [-0.05, 0) is 36.4 Å². The molecule has 1 heterocycles. The predicted octanol–water partition coefficient (Wildman–Crippen LogP) is 3.32. The van der Waals surface area contributed by atoms with Gasteiger partial charge in [0, 0.05) is 10.4 Å². The van der Waals surface area contributed by atoms with Gasteiger partial charge in [-0.3, -0.25) is 0 Å². The molecule has 3 aromatic rings. The quantitative estimate of drug-likeness (QED) is 0.680. The normalized spacial score (nSPS) is 11.6. The molecule has 0 saturated carbocycles. The van der Waals surface area contributed by atoms with E-state index in [-0.39, 0.29) is 10.6 Å². The maximum atomic E-state index is 13.0. The first-order valence-corrected chi connectivity index (χ1v) is 8.47. The number of esters is 1. The van der Waals surface area contributed by atoms with Crippen molar-refractivity contribution >= 4 is 38.5 Å². The zero-order chi connectivity index (χ0) is 16.6. The lowest BCUT2D eigenvalue weighted by Crippen LogP contribution is -2.19. The topological polar surface area (TPSA) is 65.4 Å². The van der Waals surface area contributed by atoms with Crippen LogP contribution in [0.15, 0.2) is 59.5 Å². The fraction of sp³-hybridized carbons (Fsp3) is 0.0625. The average molecular weight is 350 g/mol. The molecule has 0 saturated heterocycles. The van der Waals surface area contributed by atoms with Crippen LogP contribution in [0.3, 0.4) is 0 Å². The number of fused-ring (bicyclic) bond motifs is 1. The Hall–Kier alpha value is -2.31. The molecule has 23 heavy (non-hydrogen) atoms. The second-order valence-electron chi connectivity index (χ2n) is 4.81. The molecular weight excluding hydrogens is 338 g/mol. The van der Waals surface area contributed by atoms with Crippen LogP contribution in [0.5, 0.6) is 0 Å². The molecule has 0 atom stereocenters. The van der Waals surface area contributed by atoms with Crippen molar-refractivity contribution in [1.82, 2.24) is 3.97 Å². The van der Waals surface area contributed by atoms with Crippen LogP contribution in [0.1, 0.15) is 10.5 Å². The summed E-state index contributed by atoms with van der Waals surface area (Å²) in [7, 11) is -2.75. The Balaban J connectivity index is 2.37. The molecule has 118 valence electrons. The van der Waals surface area contributed by atoms with Gasteiger partial charge in [-0.15, -0.1) is 0 Å². The smallest absolute Gasteiger partial charge is 0.355 e. The van der Waals surface area contributed by atoms with Crippen molar-refractivity contribution in [3.8, 4) is 0 Å². The second-order valence-corrected chi connectivity index (χ2v) is 7.03. The summed E-state index contributed by atoms with van der Waals surface area (Å²) in [5.41, 5.74) is 0.285. The maximum Gasteiger partial charge on any atom is 0.355 e. The number of ether oxygens (including phenoxy) is 1. The van der Waals surface area contributed by atoms with Gasteiger partial charge in [0.05, 0.1) is 17.5 Å². The second kappa shape index (κ2) is 5.72. The van der Waals surface area contributed by atoms with Crippen molar-refractivity contribution in [2.24, 2.45) is 0 Å². The summed E-state index contributed by atoms with van der Waals surface area (Å²) >= 11 is 5.95. The molecule has 1 aromatic heterocycles. The Bertz CT molecular complexity index is 994. The fourth-order valence-electron chi connectivity index (χ4n) is 2.36. The lowest BCUT2D eigenvalue weighted by Gasteiger charge is -2.10. The van der Waals surface area contributed by atoms with Crippen LogP contribution in [0.4, 0.5) is 0 Å². The summed E-state index contributed by atoms with van der Waals surface area (Å²) in [5, 5.41) is 0.987. The molecule has 0 fully saturated rings. The van der Waals surface area contributed by atoms with Gasteiger partial charge in [0.2, 0.25) is 0 Å². The SMILES string of the molecule is COC(=O)c1cc2cc(Cl)ccc2n1S(=O)(=O)c1ccccc1. The summed E-state index contributed by atoms with van der Waals surface area (Å²) < 4.78 is 31.6. The number of carbonyl (C=O) groups is 1. The zero-order valence-corrected chi connectivity index (χ0v) is 13.6. The van der Waals surface area contributed by atoms with Crippen LogP contribution in [0.25, 0.3) is 10.9 Å². The van der Waals surface area contributed by atoms with Gasteiger partial charge in [-0.1, -0.05) is 29.8 Å². The van der Waals surface area contributed by atoms with E-state index in [0.717, 1.165) is 3.97 Å². The van der Waals surface area contributed by atoms with Gasteiger partial charge >= 0.3 is 5.97 Å². The number of halogens is 1. The molecule has 0 N–H and O–H groups in total. The highest BCUT2D eigenvalue weighted by Gasteiger charge is 2.26. The van der Waals surface area contributed by atoms with Crippen LogP contribution in [0.2, 0.25) is 5.02 Å². The highest BCUT2D eigenvalue weighted by molar-refractivity contribution is 7.90. The lowest BCUT2D eigenvalue weighted by atomic mass is 10.2. The molecule has 2 aromatic carbocycles. The number of rotatable bonds is 3. The Morgan fingerprint density at radius 3 is 2.43 bits per heavy atom. The highest BCUT2D eigenvalue weighted by atomic mass is 35.5. The Labute approximate surface area is 138 Å².